The zero-order valence-corrected chi connectivity index (χ0v) is 11.4. The number of rotatable bonds is 5. The Labute approximate surface area is 118 Å². The van der Waals surface area contributed by atoms with E-state index in [1.54, 1.807) is 12.3 Å². The third-order valence-corrected chi connectivity index (χ3v) is 3.08. The summed E-state index contributed by atoms with van der Waals surface area (Å²) in [5.41, 5.74) is 8.22. The number of oxime groups is 1. The van der Waals surface area contributed by atoms with Crippen LogP contribution in [0.4, 0.5) is 5.69 Å². The Hall–Kier alpha value is -2.56. The number of hydrogen-bond donors (Lipinski definition) is 2. The van der Waals surface area contributed by atoms with Crippen LogP contribution in [0.3, 0.4) is 0 Å². The Bertz CT molecular complexity index is 566. The lowest BCUT2D eigenvalue weighted by Crippen LogP contribution is -2.22. The minimum atomic E-state index is 0.0163. The highest BCUT2D eigenvalue weighted by Crippen LogP contribution is 2.16. The molecule has 5 heteroatoms. The third kappa shape index (κ3) is 3.26. The van der Waals surface area contributed by atoms with Gasteiger partial charge < -0.3 is 15.8 Å². The topological polar surface area (TPSA) is 74.7 Å². The first-order valence-electron chi connectivity index (χ1n) is 6.47. The van der Waals surface area contributed by atoms with Gasteiger partial charge in [0, 0.05) is 13.1 Å². The predicted molar refractivity (Wildman–Crippen MR) is 79.9 cm³/mol. The van der Waals surface area contributed by atoms with Gasteiger partial charge in [-0.1, -0.05) is 35.5 Å². The second-order valence-electron chi connectivity index (χ2n) is 4.39. The van der Waals surface area contributed by atoms with Gasteiger partial charge >= 0.3 is 0 Å². The number of hydrogen-bond acceptors (Lipinski definition) is 4. The third-order valence-electron chi connectivity index (χ3n) is 3.08. The summed E-state index contributed by atoms with van der Waals surface area (Å²) in [6, 6.07) is 13.9. The van der Waals surface area contributed by atoms with E-state index in [-0.39, 0.29) is 5.84 Å². The monoisotopic (exact) mass is 270 g/mol. The van der Waals surface area contributed by atoms with Crippen LogP contribution in [0.1, 0.15) is 18.2 Å². The lowest BCUT2D eigenvalue weighted by Gasteiger charge is -2.23. The Balaban J connectivity index is 2.16. The molecule has 2 aromatic rings. The molecule has 104 valence electrons. The van der Waals surface area contributed by atoms with Crippen LogP contribution in [0.15, 0.2) is 53.8 Å². The van der Waals surface area contributed by atoms with Crippen molar-refractivity contribution in [2.45, 2.75) is 13.5 Å². The molecule has 0 radical (unpaired) electrons. The van der Waals surface area contributed by atoms with Gasteiger partial charge in [0.25, 0.3) is 0 Å². The summed E-state index contributed by atoms with van der Waals surface area (Å²) < 4.78 is 0. The van der Waals surface area contributed by atoms with Crippen molar-refractivity contribution in [3.63, 3.8) is 0 Å². The Morgan fingerprint density at radius 3 is 2.55 bits per heavy atom. The van der Waals surface area contributed by atoms with Crippen LogP contribution >= 0.6 is 0 Å². The van der Waals surface area contributed by atoms with Gasteiger partial charge in [-0.3, -0.25) is 4.98 Å². The molecular formula is C15H18N4O. The lowest BCUT2D eigenvalue weighted by molar-refractivity contribution is 0.318. The molecule has 2 rings (SSSR count). The van der Waals surface area contributed by atoms with Gasteiger partial charge in [-0.25, -0.2) is 0 Å². The van der Waals surface area contributed by atoms with Crippen molar-refractivity contribution in [1.29, 1.82) is 0 Å². The zero-order valence-electron chi connectivity index (χ0n) is 11.4. The van der Waals surface area contributed by atoms with Crippen molar-refractivity contribution in [2.24, 2.45) is 10.9 Å². The highest BCUT2D eigenvalue weighted by molar-refractivity contribution is 5.95. The molecule has 1 aromatic heterocycles. The zero-order chi connectivity index (χ0) is 14.4. The highest BCUT2D eigenvalue weighted by Gasteiger charge is 2.07. The average Bonchev–Trinajstić information content (AvgIpc) is 2.53. The standard InChI is InChI=1S/C15H18N4O/c1-2-19(11-12-6-4-3-5-7-12)13-8-9-14(17-10-13)15(16)18-20/h3-10,20H,2,11H2,1H3,(H2,16,18). The van der Waals surface area contributed by atoms with E-state index in [0.29, 0.717) is 5.69 Å². The Morgan fingerprint density at radius 2 is 2.00 bits per heavy atom. The van der Waals surface area contributed by atoms with Crippen molar-refractivity contribution < 1.29 is 5.21 Å². The molecule has 0 saturated carbocycles. The van der Waals surface area contributed by atoms with E-state index in [1.165, 1.54) is 5.56 Å². The predicted octanol–water partition coefficient (Wildman–Crippen LogP) is 2.20. The van der Waals surface area contributed by atoms with Gasteiger partial charge in [-0.05, 0) is 24.6 Å². The Morgan fingerprint density at radius 1 is 1.25 bits per heavy atom. The number of nitrogens with zero attached hydrogens (tertiary/aromatic N) is 3. The average molecular weight is 270 g/mol. The van der Waals surface area contributed by atoms with Gasteiger partial charge in [-0.2, -0.15) is 0 Å². The first-order valence-corrected chi connectivity index (χ1v) is 6.47. The van der Waals surface area contributed by atoms with Crippen LogP contribution < -0.4 is 10.6 Å². The molecule has 3 N–H and O–H groups in total. The molecule has 0 saturated heterocycles. The highest BCUT2D eigenvalue weighted by atomic mass is 16.4. The molecule has 5 nitrogen and oxygen atoms in total. The summed E-state index contributed by atoms with van der Waals surface area (Å²) in [6.45, 7) is 3.79. The summed E-state index contributed by atoms with van der Waals surface area (Å²) in [7, 11) is 0. The number of amidine groups is 1. The molecule has 1 heterocycles. The molecule has 0 aliphatic carbocycles. The van der Waals surface area contributed by atoms with Gasteiger partial charge in [-0.15, -0.1) is 0 Å². The lowest BCUT2D eigenvalue weighted by atomic mass is 10.2. The van der Waals surface area contributed by atoms with Crippen LogP contribution in [-0.2, 0) is 6.54 Å². The van der Waals surface area contributed by atoms with E-state index in [4.69, 9.17) is 10.9 Å². The quantitative estimate of drug-likeness (QED) is 0.378. The normalized spacial score (nSPS) is 11.3. The molecule has 0 atom stereocenters. The van der Waals surface area contributed by atoms with Crippen LogP contribution in [0, 0.1) is 0 Å². The fourth-order valence-electron chi connectivity index (χ4n) is 1.97. The molecule has 0 unspecified atom stereocenters. The van der Waals surface area contributed by atoms with E-state index < -0.39 is 0 Å². The van der Waals surface area contributed by atoms with Crippen LogP contribution in [0.5, 0.6) is 0 Å². The smallest absolute Gasteiger partial charge is 0.188 e. The summed E-state index contributed by atoms with van der Waals surface area (Å²) in [5, 5.41) is 11.6. The molecule has 0 amide bonds. The number of pyridine rings is 1. The first kappa shape index (κ1) is 13.9. The molecule has 0 spiro atoms. The second-order valence-corrected chi connectivity index (χ2v) is 4.39. The molecule has 20 heavy (non-hydrogen) atoms. The fourth-order valence-corrected chi connectivity index (χ4v) is 1.97. The minimum absolute atomic E-state index is 0.0163. The van der Waals surface area contributed by atoms with Gasteiger partial charge in [0.2, 0.25) is 0 Å². The number of aromatic nitrogens is 1. The van der Waals surface area contributed by atoms with Crippen LogP contribution in [0.2, 0.25) is 0 Å². The number of benzene rings is 1. The molecule has 0 aliphatic rings. The fraction of sp³-hybridized carbons (Fsp3) is 0.200. The van der Waals surface area contributed by atoms with Gasteiger partial charge in [0.1, 0.15) is 5.69 Å². The van der Waals surface area contributed by atoms with E-state index in [2.05, 4.69) is 34.1 Å². The van der Waals surface area contributed by atoms with Crippen molar-refractivity contribution >= 4 is 11.5 Å². The Kier molecular flexibility index (Phi) is 4.55. The summed E-state index contributed by atoms with van der Waals surface area (Å²) in [5.74, 6) is 0.0163. The van der Waals surface area contributed by atoms with Crippen LogP contribution in [0.25, 0.3) is 0 Å². The van der Waals surface area contributed by atoms with E-state index in [0.717, 1.165) is 18.8 Å². The second kappa shape index (κ2) is 6.56. The first-order chi connectivity index (χ1) is 9.74. The minimum Gasteiger partial charge on any atom is -0.409 e. The maximum absolute atomic E-state index is 8.62. The number of anilines is 1. The largest absolute Gasteiger partial charge is 0.409 e. The van der Waals surface area contributed by atoms with Crippen molar-refractivity contribution in [1.82, 2.24) is 4.98 Å². The van der Waals surface area contributed by atoms with Crippen molar-refractivity contribution in [3.05, 3.63) is 59.9 Å². The molecule has 0 fully saturated rings. The van der Waals surface area contributed by atoms with E-state index in [1.807, 2.05) is 24.3 Å². The summed E-state index contributed by atoms with van der Waals surface area (Å²) >= 11 is 0. The van der Waals surface area contributed by atoms with Gasteiger partial charge in [0.05, 0.1) is 11.9 Å². The van der Waals surface area contributed by atoms with E-state index >= 15 is 0 Å². The molecular weight excluding hydrogens is 252 g/mol. The van der Waals surface area contributed by atoms with E-state index in [9.17, 15) is 0 Å². The van der Waals surface area contributed by atoms with Crippen molar-refractivity contribution in [3.8, 4) is 0 Å². The molecule has 0 bridgehead atoms. The number of nitrogens with two attached hydrogens (primary N) is 1. The maximum atomic E-state index is 8.62. The van der Waals surface area contributed by atoms with Crippen molar-refractivity contribution in [2.75, 3.05) is 11.4 Å². The molecule has 1 aromatic carbocycles. The summed E-state index contributed by atoms with van der Waals surface area (Å²) in [4.78, 5) is 6.41. The van der Waals surface area contributed by atoms with Crippen LogP contribution in [-0.4, -0.2) is 22.6 Å². The SMILES string of the molecule is CCN(Cc1ccccc1)c1ccc(/C(N)=N/O)nc1. The van der Waals surface area contributed by atoms with Gasteiger partial charge in [0.15, 0.2) is 5.84 Å². The maximum Gasteiger partial charge on any atom is 0.188 e. The summed E-state index contributed by atoms with van der Waals surface area (Å²) in [6.07, 6.45) is 1.74. The molecule has 0 aliphatic heterocycles.